The van der Waals surface area contributed by atoms with Gasteiger partial charge in [-0.2, -0.15) is 0 Å². The zero-order chi connectivity index (χ0) is 13.4. The van der Waals surface area contributed by atoms with Crippen LogP contribution < -0.4 is 5.63 Å². The first-order valence-electron chi connectivity index (χ1n) is 5.30. The van der Waals surface area contributed by atoms with E-state index in [1.165, 1.54) is 24.4 Å². The molecule has 0 amide bonds. The summed E-state index contributed by atoms with van der Waals surface area (Å²) in [5, 5.41) is 30.7. The van der Waals surface area contributed by atoms with Gasteiger partial charge in [-0.1, -0.05) is 0 Å². The van der Waals surface area contributed by atoms with Crippen LogP contribution in [0.4, 0.5) is 0 Å². The lowest BCUT2D eigenvalue weighted by atomic mass is 10.1. The van der Waals surface area contributed by atoms with E-state index < -0.39 is 5.63 Å². The smallest absolute Gasteiger partial charge is 0.336 e. The first kappa shape index (κ1) is 11.1. The van der Waals surface area contributed by atoms with Crippen molar-refractivity contribution in [2.75, 3.05) is 0 Å². The SMILES string of the molecule is O=c1ccc2c(O)cc(O)c(-c3ccnnn3)c2o1. The monoisotopic (exact) mass is 257 g/mol. The largest absolute Gasteiger partial charge is 0.507 e. The van der Waals surface area contributed by atoms with Crippen molar-refractivity contribution in [3.05, 3.63) is 40.9 Å². The zero-order valence-corrected chi connectivity index (χ0v) is 9.44. The van der Waals surface area contributed by atoms with Crippen LogP contribution in [-0.2, 0) is 0 Å². The number of fused-ring (bicyclic) bond motifs is 1. The minimum atomic E-state index is -0.597. The Kier molecular flexibility index (Phi) is 2.38. The lowest BCUT2D eigenvalue weighted by Crippen LogP contribution is -1.97. The van der Waals surface area contributed by atoms with E-state index in [1.54, 1.807) is 0 Å². The average molecular weight is 257 g/mol. The summed E-state index contributed by atoms with van der Waals surface area (Å²) < 4.78 is 5.05. The molecule has 3 aromatic rings. The summed E-state index contributed by atoms with van der Waals surface area (Å²) in [5.74, 6) is -0.457. The number of rotatable bonds is 1. The molecule has 0 radical (unpaired) electrons. The van der Waals surface area contributed by atoms with E-state index in [0.717, 1.165) is 6.07 Å². The number of nitrogens with zero attached hydrogens (tertiary/aromatic N) is 3. The number of aromatic nitrogens is 3. The number of phenols is 2. The predicted molar refractivity (Wildman–Crippen MR) is 64.6 cm³/mol. The van der Waals surface area contributed by atoms with Gasteiger partial charge in [0.1, 0.15) is 17.2 Å². The molecular formula is C12H7N3O4. The summed E-state index contributed by atoms with van der Waals surface area (Å²) in [4.78, 5) is 11.3. The highest BCUT2D eigenvalue weighted by Crippen LogP contribution is 2.39. The molecule has 0 bridgehead atoms. The Labute approximate surface area is 105 Å². The molecule has 2 N–H and O–H groups in total. The quantitative estimate of drug-likeness (QED) is 0.627. The molecule has 0 fully saturated rings. The van der Waals surface area contributed by atoms with Gasteiger partial charge >= 0.3 is 5.63 Å². The van der Waals surface area contributed by atoms with Gasteiger partial charge in [-0.3, -0.25) is 0 Å². The van der Waals surface area contributed by atoms with Crippen molar-refractivity contribution < 1.29 is 14.6 Å². The number of benzene rings is 1. The Bertz CT molecular complexity index is 814. The fourth-order valence-corrected chi connectivity index (χ4v) is 1.82. The van der Waals surface area contributed by atoms with E-state index >= 15 is 0 Å². The molecule has 0 saturated heterocycles. The number of hydrogen-bond donors (Lipinski definition) is 2. The Morgan fingerprint density at radius 1 is 1.11 bits per heavy atom. The lowest BCUT2D eigenvalue weighted by molar-refractivity contribution is 0.452. The maximum absolute atomic E-state index is 11.3. The van der Waals surface area contributed by atoms with Crippen LogP contribution in [-0.4, -0.2) is 25.6 Å². The van der Waals surface area contributed by atoms with Crippen LogP contribution in [0.5, 0.6) is 11.5 Å². The third kappa shape index (κ3) is 1.77. The van der Waals surface area contributed by atoms with Crippen molar-refractivity contribution in [2.45, 2.75) is 0 Å². The van der Waals surface area contributed by atoms with Gasteiger partial charge in [-0.05, 0) is 17.3 Å². The average Bonchev–Trinajstić information content (AvgIpc) is 2.39. The Balaban J connectivity index is 2.47. The van der Waals surface area contributed by atoms with Crippen LogP contribution >= 0.6 is 0 Å². The van der Waals surface area contributed by atoms with Crippen molar-refractivity contribution in [1.29, 1.82) is 0 Å². The van der Waals surface area contributed by atoms with E-state index in [2.05, 4.69) is 15.4 Å². The molecule has 7 nitrogen and oxygen atoms in total. The molecule has 0 saturated carbocycles. The summed E-state index contributed by atoms with van der Waals surface area (Å²) in [5.41, 5.74) is -0.0847. The van der Waals surface area contributed by atoms with Gasteiger partial charge in [0.2, 0.25) is 0 Å². The molecule has 2 heterocycles. The maximum Gasteiger partial charge on any atom is 0.336 e. The molecule has 0 atom stereocenters. The highest BCUT2D eigenvalue weighted by atomic mass is 16.4. The number of phenolic OH excluding ortho intramolecular Hbond substituents is 2. The summed E-state index contributed by atoms with van der Waals surface area (Å²) in [6.45, 7) is 0. The molecule has 7 heteroatoms. The van der Waals surface area contributed by atoms with Crippen molar-refractivity contribution in [3.8, 4) is 22.8 Å². The topological polar surface area (TPSA) is 109 Å². The van der Waals surface area contributed by atoms with Crippen LogP contribution in [0.1, 0.15) is 0 Å². The van der Waals surface area contributed by atoms with Crippen molar-refractivity contribution in [2.24, 2.45) is 0 Å². The first-order valence-corrected chi connectivity index (χ1v) is 5.30. The van der Waals surface area contributed by atoms with Crippen molar-refractivity contribution in [1.82, 2.24) is 15.4 Å². The van der Waals surface area contributed by atoms with Gasteiger partial charge in [-0.15, -0.1) is 10.2 Å². The molecule has 19 heavy (non-hydrogen) atoms. The van der Waals surface area contributed by atoms with Crippen LogP contribution in [0.25, 0.3) is 22.2 Å². The highest BCUT2D eigenvalue weighted by Gasteiger charge is 2.17. The van der Waals surface area contributed by atoms with E-state index in [0.29, 0.717) is 5.39 Å². The van der Waals surface area contributed by atoms with E-state index in [4.69, 9.17) is 4.42 Å². The standard InChI is InChI=1S/C12H7N3O4/c16-8-5-9(17)11(7-3-4-13-15-14-7)12-6(8)1-2-10(18)19-12/h1-5,16-17H. The van der Waals surface area contributed by atoms with Gasteiger partial charge < -0.3 is 14.6 Å². The Hall–Kier alpha value is -2.96. The summed E-state index contributed by atoms with van der Waals surface area (Å²) >= 11 is 0. The molecule has 1 aromatic carbocycles. The Morgan fingerprint density at radius 3 is 2.68 bits per heavy atom. The molecule has 94 valence electrons. The maximum atomic E-state index is 11.3. The minimum absolute atomic E-state index is 0.0468. The van der Waals surface area contributed by atoms with Crippen molar-refractivity contribution >= 4 is 11.0 Å². The van der Waals surface area contributed by atoms with Crippen LogP contribution in [0.2, 0.25) is 0 Å². The lowest BCUT2D eigenvalue weighted by Gasteiger charge is -2.07. The highest BCUT2D eigenvalue weighted by molar-refractivity contribution is 5.97. The molecule has 0 aliphatic carbocycles. The summed E-state index contributed by atoms with van der Waals surface area (Å²) in [7, 11) is 0. The number of hydrogen-bond acceptors (Lipinski definition) is 7. The fourth-order valence-electron chi connectivity index (χ4n) is 1.82. The molecule has 2 aromatic heterocycles. The van der Waals surface area contributed by atoms with Gasteiger partial charge in [0.05, 0.1) is 17.1 Å². The van der Waals surface area contributed by atoms with Crippen LogP contribution in [0.15, 0.2) is 39.7 Å². The van der Waals surface area contributed by atoms with Gasteiger partial charge in [0.15, 0.2) is 5.58 Å². The zero-order valence-electron chi connectivity index (χ0n) is 9.44. The Morgan fingerprint density at radius 2 is 1.95 bits per heavy atom. The molecule has 3 rings (SSSR count). The molecule has 0 unspecified atom stereocenters. The number of aromatic hydroxyl groups is 2. The van der Waals surface area contributed by atoms with Crippen LogP contribution in [0, 0.1) is 0 Å². The summed E-state index contributed by atoms with van der Waals surface area (Å²) in [6, 6.07) is 5.25. The van der Waals surface area contributed by atoms with E-state index in [-0.39, 0.29) is 28.3 Å². The van der Waals surface area contributed by atoms with Crippen molar-refractivity contribution in [3.63, 3.8) is 0 Å². The predicted octanol–water partition coefficient (Wildman–Crippen LogP) is 1.06. The van der Waals surface area contributed by atoms with E-state index in [9.17, 15) is 15.0 Å². The van der Waals surface area contributed by atoms with Crippen LogP contribution in [0.3, 0.4) is 0 Å². The normalized spacial score (nSPS) is 10.7. The second-order valence-corrected chi connectivity index (χ2v) is 3.79. The van der Waals surface area contributed by atoms with Gasteiger partial charge in [0.25, 0.3) is 0 Å². The third-order valence-corrected chi connectivity index (χ3v) is 2.63. The first-order chi connectivity index (χ1) is 9.16. The fraction of sp³-hybridized carbons (Fsp3) is 0. The summed E-state index contributed by atoms with van der Waals surface area (Å²) in [6.07, 6.45) is 1.39. The van der Waals surface area contributed by atoms with Gasteiger partial charge in [0, 0.05) is 12.1 Å². The second kappa shape index (κ2) is 4.05. The second-order valence-electron chi connectivity index (χ2n) is 3.79. The van der Waals surface area contributed by atoms with Gasteiger partial charge in [-0.25, -0.2) is 4.79 Å². The van der Waals surface area contributed by atoms with E-state index in [1.807, 2.05) is 0 Å². The molecule has 0 aliphatic rings. The molecule has 0 aliphatic heterocycles. The molecular weight excluding hydrogens is 250 g/mol. The molecule has 0 spiro atoms. The third-order valence-electron chi connectivity index (χ3n) is 2.63. The minimum Gasteiger partial charge on any atom is -0.507 e.